The minimum absolute atomic E-state index is 0.0222. The van der Waals surface area contributed by atoms with Crippen molar-refractivity contribution in [1.82, 2.24) is 4.98 Å². The first-order valence-electron chi connectivity index (χ1n) is 5.90. The average molecular weight is 290 g/mol. The van der Waals surface area contributed by atoms with E-state index in [0.717, 1.165) is 11.8 Å². The molecule has 0 aliphatic rings. The van der Waals surface area contributed by atoms with Crippen molar-refractivity contribution in [2.24, 2.45) is 0 Å². The Hall–Kier alpha value is -2.21. The summed E-state index contributed by atoms with van der Waals surface area (Å²) >= 11 is 0. The molecule has 0 atom stereocenters. The zero-order chi connectivity index (χ0) is 14.8. The molecule has 2 aromatic rings. The largest absolute Gasteiger partial charge is 0.321 e. The summed E-state index contributed by atoms with van der Waals surface area (Å²) < 4.78 is 22.6. The van der Waals surface area contributed by atoms with E-state index in [1.54, 1.807) is 18.2 Å². The third-order valence-electron chi connectivity index (χ3n) is 2.65. The normalized spacial score (nSPS) is 11.1. The van der Waals surface area contributed by atoms with Crippen LogP contribution >= 0.6 is 0 Å². The Morgan fingerprint density at radius 1 is 1.20 bits per heavy atom. The minimum Gasteiger partial charge on any atom is -0.321 e. The molecule has 104 valence electrons. The lowest BCUT2D eigenvalue weighted by atomic mass is 10.1. The van der Waals surface area contributed by atoms with Crippen molar-refractivity contribution in [1.29, 1.82) is 0 Å². The number of hydrogen-bond acceptors (Lipinski definition) is 4. The van der Waals surface area contributed by atoms with Gasteiger partial charge in [-0.1, -0.05) is 17.7 Å². The van der Waals surface area contributed by atoms with E-state index in [0.29, 0.717) is 11.3 Å². The average Bonchev–Trinajstić information content (AvgIpc) is 2.38. The molecule has 0 radical (unpaired) electrons. The summed E-state index contributed by atoms with van der Waals surface area (Å²) in [6.07, 6.45) is 2.41. The number of amides is 1. The molecular weight excluding hydrogens is 276 g/mol. The van der Waals surface area contributed by atoms with Crippen LogP contribution in [0.5, 0.6) is 0 Å². The topological polar surface area (TPSA) is 76.1 Å². The van der Waals surface area contributed by atoms with E-state index in [1.807, 2.05) is 13.0 Å². The molecule has 1 amide bonds. The maximum Gasteiger partial charge on any atom is 0.255 e. The van der Waals surface area contributed by atoms with Crippen LogP contribution in [0.15, 0.2) is 47.6 Å². The van der Waals surface area contributed by atoms with Crippen molar-refractivity contribution in [2.75, 3.05) is 11.6 Å². The molecule has 0 fully saturated rings. The summed E-state index contributed by atoms with van der Waals surface area (Å²) in [5.74, 6) is -0.261. The van der Waals surface area contributed by atoms with Crippen LogP contribution in [-0.4, -0.2) is 25.6 Å². The molecule has 0 aliphatic carbocycles. The van der Waals surface area contributed by atoms with Gasteiger partial charge in [0.25, 0.3) is 5.91 Å². The van der Waals surface area contributed by atoms with E-state index in [9.17, 15) is 13.2 Å². The van der Waals surface area contributed by atoms with Crippen molar-refractivity contribution < 1.29 is 13.2 Å². The van der Waals surface area contributed by atoms with Gasteiger partial charge >= 0.3 is 0 Å². The third kappa shape index (κ3) is 3.42. The fourth-order valence-electron chi connectivity index (χ4n) is 1.66. The Labute approximate surface area is 117 Å². The molecular formula is C14H14N2O3S. The van der Waals surface area contributed by atoms with Gasteiger partial charge < -0.3 is 5.32 Å². The lowest BCUT2D eigenvalue weighted by Gasteiger charge is -2.06. The highest BCUT2D eigenvalue weighted by Crippen LogP contribution is 2.12. The van der Waals surface area contributed by atoms with Gasteiger partial charge in [-0.05, 0) is 31.2 Å². The molecule has 0 bridgehead atoms. The number of rotatable bonds is 3. The van der Waals surface area contributed by atoms with Crippen LogP contribution in [0, 0.1) is 6.92 Å². The highest BCUT2D eigenvalue weighted by Gasteiger charge is 2.10. The van der Waals surface area contributed by atoms with Crippen molar-refractivity contribution in [2.45, 2.75) is 11.9 Å². The first-order valence-corrected chi connectivity index (χ1v) is 7.79. The van der Waals surface area contributed by atoms with Gasteiger partial charge in [-0.15, -0.1) is 0 Å². The second-order valence-electron chi connectivity index (χ2n) is 4.48. The molecule has 20 heavy (non-hydrogen) atoms. The Bertz CT molecular complexity index is 737. The van der Waals surface area contributed by atoms with Crippen LogP contribution in [-0.2, 0) is 9.84 Å². The molecule has 5 nitrogen and oxygen atoms in total. The van der Waals surface area contributed by atoms with Gasteiger partial charge in [-0.3, -0.25) is 4.79 Å². The molecule has 0 saturated heterocycles. The Balaban J connectivity index is 2.16. The summed E-state index contributed by atoms with van der Waals surface area (Å²) in [7, 11) is -3.33. The van der Waals surface area contributed by atoms with Gasteiger partial charge in [0.2, 0.25) is 0 Å². The Morgan fingerprint density at radius 2 is 1.95 bits per heavy atom. The second kappa shape index (κ2) is 5.42. The number of nitrogens with one attached hydrogen (secondary N) is 1. The fourth-order valence-corrected chi connectivity index (χ4v) is 2.22. The second-order valence-corrected chi connectivity index (χ2v) is 6.44. The quantitative estimate of drug-likeness (QED) is 0.938. The van der Waals surface area contributed by atoms with Gasteiger partial charge in [0, 0.05) is 11.8 Å². The number of aromatic nitrogens is 1. The van der Waals surface area contributed by atoms with Gasteiger partial charge in [-0.2, -0.15) is 0 Å². The number of benzene rings is 1. The lowest BCUT2D eigenvalue weighted by molar-refractivity contribution is 0.102. The van der Waals surface area contributed by atoms with Gasteiger partial charge in [0.1, 0.15) is 0 Å². The zero-order valence-electron chi connectivity index (χ0n) is 11.1. The molecule has 0 spiro atoms. The number of nitrogens with zero attached hydrogens (tertiary/aromatic N) is 1. The molecule has 0 aliphatic heterocycles. The first-order chi connectivity index (χ1) is 9.36. The van der Waals surface area contributed by atoms with Crippen LogP contribution < -0.4 is 5.32 Å². The monoisotopic (exact) mass is 290 g/mol. The van der Waals surface area contributed by atoms with Crippen molar-refractivity contribution in [3.63, 3.8) is 0 Å². The summed E-state index contributed by atoms with van der Waals surface area (Å²) in [6, 6.07) is 10.1. The molecule has 2 rings (SSSR count). The van der Waals surface area contributed by atoms with Crippen LogP contribution in [0.25, 0.3) is 0 Å². The third-order valence-corrected chi connectivity index (χ3v) is 3.66. The lowest BCUT2D eigenvalue weighted by Crippen LogP contribution is -2.12. The number of carbonyl (C=O) groups is 1. The molecule has 1 aromatic heterocycles. The summed E-state index contributed by atoms with van der Waals surface area (Å²) in [5.41, 5.74) is 1.98. The molecule has 0 unspecified atom stereocenters. The van der Waals surface area contributed by atoms with Crippen LogP contribution in [0.1, 0.15) is 15.9 Å². The number of hydrogen-bond donors (Lipinski definition) is 1. The fraction of sp³-hybridized carbons (Fsp3) is 0.143. The van der Waals surface area contributed by atoms with E-state index < -0.39 is 9.84 Å². The van der Waals surface area contributed by atoms with Gasteiger partial charge in [0.15, 0.2) is 14.9 Å². The predicted octanol–water partition coefficient (Wildman–Crippen LogP) is 2.05. The summed E-state index contributed by atoms with van der Waals surface area (Å²) in [5, 5.41) is 2.65. The molecule has 0 saturated carbocycles. The summed E-state index contributed by atoms with van der Waals surface area (Å²) in [6.45, 7) is 1.90. The van der Waals surface area contributed by atoms with Gasteiger partial charge in [0.05, 0.1) is 11.9 Å². The van der Waals surface area contributed by atoms with E-state index in [4.69, 9.17) is 0 Å². The number of sulfone groups is 1. The molecule has 1 aromatic carbocycles. The molecule has 6 heteroatoms. The number of anilines is 1. The highest BCUT2D eigenvalue weighted by atomic mass is 32.2. The number of pyridine rings is 1. The Kier molecular flexibility index (Phi) is 3.85. The predicted molar refractivity (Wildman–Crippen MR) is 76.5 cm³/mol. The Morgan fingerprint density at radius 3 is 2.50 bits per heavy atom. The van der Waals surface area contributed by atoms with Crippen LogP contribution in [0.3, 0.4) is 0 Å². The van der Waals surface area contributed by atoms with Crippen molar-refractivity contribution >= 4 is 21.4 Å². The maximum absolute atomic E-state index is 12.0. The van der Waals surface area contributed by atoms with Gasteiger partial charge in [-0.25, -0.2) is 13.4 Å². The van der Waals surface area contributed by atoms with Crippen molar-refractivity contribution in [3.05, 3.63) is 53.7 Å². The molecule has 1 heterocycles. The SMILES string of the molecule is Cc1cccc(C(=O)Nc2ccc(S(C)(=O)=O)nc2)c1. The van der Waals surface area contributed by atoms with E-state index in [1.165, 1.54) is 18.3 Å². The highest BCUT2D eigenvalue weighted by molar-refractivity contribution is 7.90. The number of carbonyl (C=O) groups excluding carboxylic acids is 1. The minimum atomic E-state index is -3.33. The number of aryl methyl sites for hydroxylation is 1. The van der Waals surface area contributed by atoms with Crippen LogP contribution in [0.4, 0.5) is 5.69 Å². The van der Waals surface area contributed by atoms with Crippen molar-refractivity contribution in [3.8, 4) is 0 Å². The van der Waals surface area contributed by atoms with Crippen LogP contribution in [0.2, 0.25) is 0 Å². The van der Waals surface area contributed by atoms with E-state index in [-0.39, 0.29) is 10.9 Å². The maximum atomic E-state index is 12.0. The molecule has 1 N–H and O–H groups in total. The smallest absolute Gasteiger partial charge is 0.255 e. The van der Waals surface area contributed by atoms with E-state index in [2.05, 4.69) is 10.3 Å². The first kappa shape index (κ1) is 14.2. The summed E-state index contributed by atoms with van der Waals surface area (Å²) in [4.78, 5) is 15.8. The van der Waals surface area contributed by atoms with E-state index >= 15 is 0 Å². The standard InChI is InChI=1S/C14H14N2O3S/c1-10-4-3-5-11(8-10)14(17)16-12-6-7-13(15-9-12)20(2,18)19/h3-9H,1-2H3,(H,16,17). The zero-order valence-corrected chi connectivity index (χ0v) is 11.9.